The number of aromatic amines is 1. The highest BCUT2D eigenvalue weighted by molar-refractivity contribution is 7.15. The van der Waals surface area contributed by atoms with Gasteiger partial charge in [-0.2, -0.15) is 0 Å². The number of hydrogen-bond donors (Lipinski definition) is 1. The summed E-state index contributed by atoms with van der Waals surface area (Å²) in [6.07, 6.45) is 6.13. The summed E-state index contributed by atoms with van der Waals surface area (Å²) in [6.45, 7) is 2.10. The van der Waals surface area contributed by atoms with Gasteiger partial charge < -0.3 is 4.74 Å². The molecule has 3 rings (SSSR count). The molecule has 0 bridgehead atoms. The number of H-pyrrole nitrogens is 1. The molecule has 1 aliphatic rings. The number of esters is 1. The zero-order chi connectivity index (χ0) is 13.9. The van der Waals surface area contributed by atoms with Gasteiger partial charge in [0.15, 0.2) is 5.82 Å². The molecule has 0 unspecified atom stereocenters. The Bertz CT molecular complexity index is 594. The molecule has 1 aliphatic carbocycles. The molecule has 0 aliphatic heterocycles. The lowest BCUT2D eigenvalue weighted by Crippen LogP contribution is -2.06. The fourth-order valence-electron chi connectivity index (χ4n) is 2.44. The van der Waals surface area contributed by atoms with Crippen LogP contribution in [0.15, 0.2) is 6.07 Å². The van der Waals surface area contributed by atoms with Crippen molar-refractivity contribution in [3.8, 4) is 10.7 Å². The first-order valence-electron chi connectivity index (χ1n) is 6.99. The van der Waals surface area contributed by atoms with Gasteiger partial charge in [0.1, 0.15) is 0 Å². The summed E-state index contributed by atoms with van der Waals surface area (Å²) in [5.74, 6) is 0.282. The Hall–Kier alpha value is -1.69. The Morgan fingerprint density at radius 1 is 1.40 bits per heavy atom. The van der Waals surface area contributed by atoms with Gasteiger partial charge in [0.25, 0.3) is 5.82 Å². The van der Waals surface area contributed by atoms with Gasteiger partial charge >= 0.3 is 5.97 Å². The number of nitrogens with zero attached hydrogens (tertiary/aromatic N) is 2. The normalized spacial score (nSPS) is 14.7. The SMILES string of the molecule is CCOC(=O)c1n[nH]c(-c2cc3c(s2)CCCCC3)n1. The third-order valence-electron chi connectivity index (χ3n) is 3.42. The van der Waals surface area contributed by atoms with Crippen molar-refractivity contribution in [1.82, 2.24) is 15.2 Å². The van der Waals surface area contributed by atoms with E-state index in [0.29, 0.717) is 12.4 Å². The van der Waals surface area contributed by atoms with Gasteiger partial charge in [-0.25, -0.2) is 9.78 Å². The van der Waals surface area contributed by atoms with Crippen molar-refractivity contribution >= 4 is 17.3 Å². The Balaban J connectivity index is 1.84. The fourth-order valence-corrected chi connectivity index (χ4v) is 3.64. The molecule has 5 nitrogen and oxygen atoms in total. The highest BCUT2D eigenvalue weighted by Gasteiger charge is 2.18. The van der Waals surface area contributed by atoms with Crippen molar-refractivity contribution < 1.29 is 9.53 Å². The number of carbonyl (C=O) groups excluding carboxylic acids is 1. The van der Waals surface area contributed by atoms with E-state index in [2.05, 4.69) is 21.2 Å². The van der Waals surface area contributed by atoms with E-state index in [1.807, 2.05) is 0 Å². The summed E-state index contributed by atoms with van der Waals surface area (Å²) in [5, 5.41) is 6.77. The van der Waals surface area contributed by atoms with Crippen LogP contribution in [-0.2, 0) is 17.6 Å². The number of ether oxygens (including phenoxy) is 1. The maximum atomic E-state index is 11.6. The Morgan fingerprint density at radius 2 is 2.25 bits per heavy atom. The molecule has 0 saturated carbocycles. The van der Waals surface area contributed by atoms with E-state index in [-0.39, 0.29) is 5.82 Å². The number of hydrogen-bond acceptors (Lipinski definition) is 5. The smallest absolute Gasteiger partial charge is 0.378 e. The van der Waals surface area contributed by atoms with Crippen LogP contribution in [0.25, 0.3) is 10.7 Å². The van der Waals surface area contributed by atoms with Gasteiger partial charge in [-0.1, -0.05) is 6.42 Å². The summed E-state index contributed by atoms with van der Waals surface area (Å²) in [6, 6.07) is 2.18. The van der Waals surface area contributed by atoms with E-state index in [9.17, 15) is 4.79 Å². The predicted octanol–water partition coefficient (Wildman–Crippen LogP) is 2.98. The molecular weight excluding hydrogens is 274 g/mol. The minimum atomic E-state index is -0.479. The molecule has 0 fully saturated rings. The van der Waals surface area contributed by atoms with Gasteiger partial charge in [0, 0.05) is 4.88 Å². The third kappa shape index (κ3) is 2.60. The molecule has 2 aromatic rings. The number of carbonyl (C=O) groups is 1. The van der Waals surface area contributed by atoms with E-state index >= 15 is 0 Å². The average molecular weight is 291 g/mol. The summed E-state index contributed by atoms with van der Waals surface area (Å²) in [5.41, 5.74) is 1.43. The van der Waals surface area contributed by atoms with Crippen molar-refractivity contribution in [2.45, 2.75) is 39.0 Å². The summed E-state index contributed by atoms with van der Waals surface area (Å²) in [4.78, 5) is 18.3. The van der Waals surface area contributed by atoms with Crippen LogP contribution in [0.2, 0.25) is 0 Å². The largest absolute Gasteiger partial charge is 0.460 e. The first kappa shape index (κ1) is 13.3. The number of fused-ring (bicyclic) bond motifs is 1. The van der Waals surface area contributed by atoms with E-state index in [1.54, 1.807) is 18.3 Å². The van der Waals surface area contributed by atoms with Crippen molar-refractivity contribution in [2.24, 2.45) is 0 Å². The van der Waals surface area contributed by atoms with E-state index < -0.39 is 5.97 Å². The van der Waals surface area contributed by atoms with Crippen LogP contribution in [0.5, 0.6) is 0 Å². The second-order valence-corrected chi connectivity index (χ2v) is 5.98. The van der Waals surface area contributed by atoms with Crippen molar-refractivity contribution in [2.75, 3.05) is 6.61 Å². The molecule has 0 amide bonds. The lowest BCUT2D eigenvalue weighted by molar-refractivity contribution is 0.0512. The lowest BCUT2D eigenvalue weighted by atomic mass is 10.1. The zero-order valence-corrected chi connectivity index (χ0v) is 12.3. The van der Waals surface area contributed by atoms with Crippen molar-refractivity contribution in [3.63, 3.8) is 0 Å². The minimum Gasteiger partial charge on any atom is -0.460 e. The Morgan fingerprint density at radius 3 is 3.10 bits per heavy atom. The van der Waals surface area contributed by atoms with E-state index in [1.165, 1.54) is 29.7 Å². The minimum absolute atomic E-state index is 0.102. The van der Waals surface area contributed by atoms with Crippen LogP contribution in [0.4, 0.5) is 0 Å². The number of thiophene rings is 1. The molecule has 6 heteroatoms. The molecule has 0 aromatic carbocycles. The molecule has 2 aromatic heterocycles. The van der Waals surface area contributed by atoms with Gasteiger partial charge in [-0.05, 0) is 44.2 Å². The number of aryl methyl sites for hydroxylation is 2. The molecule has 0 radical (unpaired) electrons. The summed E-state index contributed by atoms with van der Waals surface area (Å²) in [7, 11) is 0. The average Bonchev–Trinajstić information content (AvgIpc) is 3.02. The van der Waals surface area contributed by atoms with Crippen LogP contribution in [-0.4, -0.2) is 27.8 Å². The van der Waals surface area contributed by atoms with Gasteiger partial charge in [0.05, 0.1) is 11.5 Å². The van der Waals surface area contributed by atoms with Gasteiger partial charge in [-0.15, -0.1) is 16.4 Å². The Kier molecular flexibility index (Phi) is 3.82. The molecule has 0 spiro atoms. The highest BCUT2D eigenvalue weighted by Crippen LogP contribution is 2.33. The topological polar surface area (TPSA) is 67.9 Å². The van der Waals surface area contributed by atoms with Crippen molar-refractivity contribution in [1.29, 1.82) is 0 Å². The van der Waals surface area contributed by atoms with E-state index in [0.717, 1.165) is 17.7 Å². The second kappa shape index (κ2) is 5.75. The van der Waals surface area contributed by atoms with E-state index in [4.69, 9.17) is 4.74 Å². The molecule has 106 valence electrons. The molecule has 2 heterocycles. The molecule has 20 heavy (non-hydrogen) atoms. The maximum absolute atomic E-state index is 11.6. The van der Waals surface area contributed by atoms with Crippen LogP contribution < -0.4 is 0 Å². The second-order valence-electron chi connectivity index (χ2n) is 4.85. The standard InChI is InChI=1S/C14H17N3O2S/c1-2-19-14(18)13-15-12(16-17-13)11-8-9-6-4-3-5-7-10(9)20-11/h8H,2-7H2,1H3,(H,15,16,17). The quantitative estimate of drug-likeness (QED) is 0.697. The Labute approximate surface area is 121 Å². The van der Waals surface area contributed by atoms with Crippen LogP contribution in [0, 0.1) is 0 Å². The number of rotatable bonds is 3. The van der Waals surface area contributed by atoms with Crippen LogP contribution in [0.3, 0.4) is 0 Å². The summed E-state index contributed by atoms with van der Waals surface area (Å²) >= 11 is 1.75. The first-order valence-corrected chi connectivity index (χ1v) is 7.81. The summed E-state index contributed by atoms with van der Waals surface area (Å²) < 4.78 is 4.89. The fraction of sp³-hybridized carbons (Fsp3) is 0.500. The van der Waals surface area contributed by atoms with Crippen LogP contribution in [0.1, 0.15) is 47.2 Å². The van der Waals surface area contributed by atoms with Gasteiger partial charge in [-0.3, -0.25) is 5.10 Å². The van der Waals surface area contributed by atoms with Crippen molar-refractivity contribution in [3.05, 3.63) is 22.3 Å². The molecule has 0 saturated heterocycles. The maximum Gasteiger partial charge on any atom is 0.378 e. The first-order chi connectivity index (χ1) is 9.78. The third-order valence-corrected chi connectivity index (χ3v) is 4.67. The highest BCUT2D eigenvalue weighted by atomic mass is 32.1. The van der Waals surface area contributed by atoms with Crippen LogP contribution >= 0.6 is 11.3 Å². The molecule has 0 atom stereocenters. The zero-order valence-electron chi connectivity index (χ0n) is 11.4. The predicted molar refractivity (Wildman–Crippen MR) is 76.9 cm³/mol. The molecule has 1 N–H and O–H groups in total. The number of nitrogens with one attached hydrogen (secondary N) is 1. The molecular formula is C14H17N3O2S. The number of aromatic nitrogens is 3. The lowest BCUT2D eigenvalue weighted by Gasteiger charge is -1.94. The van der Waals surface area contributed by atoms with Gasteiger partial charge in [0.2, 0.25) is 0 Å². The monoisotopic (exact) mass is 291 g/mol.